The minimum atomic E-state index is -0.0229. The van der Waals surface area contributed by atoms with Gasteiger partial charge in [0, 0.05) is 11.1 Å². The molecule has 2 nitrogen and oxygen atoms in total. The first-order valence-corrected chi connectivity index (χ1v) is 5.55. The molecule has 0 aliphatic heterocycles. The molecule has 0 fully saturated rings. The van der Waals surface area contributed by atoms with Crippen molar-refractivity contribution in [1.82, 2.24) is 0 Å². The predicted molar refractivity (Wildman–Crippen MR) is 66.6 cm³/mol. The fraction of sp³-hybridized carbons (Fsp3) is 0.250. The first kappa shape index (κ1) is 13.1. The normalized spacial score (nSPS) is 11.4. The molecule has 0 aliphatic carbocycles. The fourth-order valence-electron chi connectivity index (χ4n) is 1.06. The second-order valence-corrected chi connectivity index (χ2v) is 4.07. The zero-order chi connectivity index (χ0) is 12.1. The Morgan fingerprint density at radius 3 is 2.62 bits per heavy atom. The zero-order valence-corrected chi connectivity index (χ0v) is 10.6. The van der Waals surface area contributed by atoms with Gasteiger partial charge in [-0.3, -0.25) is 4.79 Å². The van der Waals surface area contributed by atoms with E-state index in [0.717, 1.165) is 5.57 Å². The number of hydrogen-bond donors (Lipinski definition) is 0. The van der Waals surface area contributed by atoms with E-state index in [-0.39, 0.29) is 5.78 Å². The van der Waals surface area contributed by atoms with Crippen LogP contribution in [0.4, 0.5) is 0 Å². The average Bonchev–Trinajstić information content (AvgIpc) is 2.26. The molecular formula is C12H12Cl2O2. The quantitative estimate of drug-likeness (QED) is 0.762. The van der Waals surface area contributed by atoms with Crippen LogP contribution in [0.5, 0.6) is 5.75 Å². The molecule has 0 heterocycles. The van der Waals surface area contributed by atoms with Crippen molar-refractivity contribution in [3.8, 4) is 5.75 Å². The molecule has 1 rings (SSSR count). The topological polar surface area (TPSA) is 26.3 Å². The Balaban J connectivity index is 2.79. The van der Waals surface area contributed by atoms with Crippen molar-refractivity contribution in [3.63, 3.8) is 0 Å². The molecule has 0 radical (unpaired) electrons. The third-order valence-corrected chi connectivity index (χ3v) is 2.65. The Morgan fingerprint density at radius 1 is 1.44 bits per heavy atom. The number of rotatable bonds is 4. The summed E-state index contributed by atoms with van der Waals surface area (Å²) in [6, 6.07) is 4.96. The lowest BCUT2D eigenvalue weighted by atomic mass is 10.1. The van der Waals surface area contributed by atoms with Gasteiger partial charge in [-0.2, -0.15) is 0 Å². The van der Waals surface area contributed by atoms with Crippen molar-refractivity contribution < 1.29 is 9.53 Å². The Hall–Kier alpha value is -0.990. The Morgan fingerprint density at radius 2 is 2.12 bits per heavy atom. The molecule has 0 bridgehead atoms. The van der Waals surface area contributed by atoms with Gasteiger partial charge in [-0.25, -0.2) is 0 Å². The highest BCUT2D eigenvalue weighted by Crippen LogP contribution is 2.26. The predicted octanol–water partition coefficient (Wildman–Crippen LogP) is 4.06. The minimum Gasteiger partial charge on any atom is -0.488 e. The maximum Gasteiger partial charge on any atom is 0.159 e. The Bertz CT molecular complexity index is 425. The molecule has 0 saturated carbocycles. The maximum atomic E-state index is 11.1. The van der Waals surface area contributed by atoms with Crippen LogP contribution in [0.3, 0.4) is 0 Å². The van der Waals surface area contributed by atoms with E-state index in [0.29, 0.717) is 22.9 Å². The summed E-state index contributed by atoms with van der Waals surface area (Å²) in [5.41, 5.74) is 2.92. The Labute approximate surface area is 105 Å². The molecule has 0 aliphatic rings. The van der Waals surface area contributed by atoms with Crippen molar-refractivity contribution in [2.75, 3.05) is 6.61 Å². The first-order valence-electron chi connectivity index (χ1n) is 4.73. The largest absolute Gasteiger partial charge is 0.488 e. The molecule has 1 aromatic rings. The van der Waals surface area contributed by atoms with Gasteiger partial charge in [0.2, 0.25) is 0 Å². The third kappa shape index (κ3) is 3.54. The van der Waals surface area contributed by atoms with Crippen LogP contribution >= 0.6 is 23.2 Å². The molecule has 0 amide bonds. The fourth-order valence-corrected chi connectivity index (χ4v) is 1.36. The van der Waals surface area contributed by atoms with Gasteiger partial charge >= 0.3 is 0 Å². The van der Waals surface area contributed by atoms with Crippen molar-refractivity contribution in [3.05, 3.63) is 39.9 Å². The van der Waals surface area contributed by atoms with Gasteiger partial charge in [0.25, 0.3) is 0 Å². The van der Waals surface area contributed by atoms with Gasteiger partial charge in [-0.1, -0.05) is 23.2 Å². The van der Waals surface area contributed by atoms with Gasteiger partial charge in [-0.05, 0) is 37.6 Å². The van der Waals surface area contributed by atoms with Crippen LogP contribution in [-0.4, -0.2) is 12.4 Å². The highest BCUT2D eigenvalue weighted by molar-refractivity contribution is 6.32. The molecule has 0 atom stereocenters. The molecule has 0 unspecified atom stereocenters. The van der Waals surface area contributed by atoms with E-state index in [2.05, 4.69) is 0 Å². The van der Waals surface area contributed by atoms with Gasteiger partial charge in [0.05, 0.1) is 5.02 Å². The Kier molecular flexibility index (Phi) is 4.84. The van der Waals surface area contributed by atoms with Gasteiger partial charge < -0.3 is 4.74 Å². The monoisotopic (exact) mass is 258 g/mol. The molecule has 1 aromatic carbocycles. The number of carbonyl (C=O) groups excluding carboxylic acids is 1. The van der Waals surface area contributed by atoms with Crippen molar-refractivity contribution in [2.24, 2.45) is 0 Å². The van der Waals surface area contributed by atoms with Crippen molar-refractivity contribution >= 4 is 29.0 Å². The lowest BCUT2D eigenvalue weighted by Crippen LogP contribution is -2.00. The SMILES string of the molecule is CC(=O)c1ccc(OC/C(C)=C/Cl)c(Cl)c1. The lowest BCUT2D eigenvalue weighted by molar-refractivity contribution is 0.101. The third-order valence-electron chi connectivity index (χ3n) is 1.98. The van der Waals surface area contributed by atoms with Crippen molar-refractivity contribution in [2.45, 2.75) is 13.8 Å². The van der Waals surface area contributed by atoms with E-state index in [1.54, 1.807) is 18.2 Å². The number of ether oxygens (including phenoxy) is 1. The van der Waals surface area contributed by atoms with Gasteiger partial charge in [0.15, 0.2) is 5.78 Å². The summed E-state index contributed by atoms with van der Waals surface area (Å²) in [5.74, 6) is 0.523. The van der Waals surface area contributed by atoms with E-state index in [9.17, 15) is 4.79 Å². The standard InChI is InChI=1S/C12H12Cl2O2/c1-8(6-13)7-16-12-4-3-10(9(2)15)5-11(12)14/h3-6H,7H2,1-2H3/b8-6+. The van der Waals surface area contributed by atoms with Crippen LogP contribution in [0, 0.1) is 0 Å². The van der Waals surface area contributed by atoms with E-state index >= 15 is 0 Å². The summed E-state index contributed by atoms with van der Waals surface area (Å²) >= 11 is 11.5. The number of Topliss-reactive ketones (excluding diaryl/α,β-unsaturated/α-hetero) is 1. The first-order chi connectivity index (χ1) is 7.54. The second-order valence-electron chi connectivity index (χ2n) is 3.45. The molecule has 0 saturated heterocycles. The summed E-state index contributed by atoms with van der Waals surface area (Å²) in [7, 11) is 0. The highest BCUT2D eigenvalue weighted by Gasteiger charge is 2.05. The average molecular weight is 259 g/mol. The second kappa shape index (κ2) is 5.92. The van der Waals surface area contributed by atoms with Crippen molar-refractivity contribution in [1.29, 1.82) is 0 Å². The van der Waals surface area contributed by atoms with E-state index in [4.69, 9.17) is 27.9 Å². The number of hydrogen-bond acceptors (Lipinski definition) is 2. The molecular weight excluding hydrogens is 247 g/mol. The molecule has 0 aromatic heterocycles. The number of halogens is 2. The highest BCUT2D eigenvalue weighted by atomic mass is 35.5. The minimum absolute atomic E-state index is 0.0229. The zero-order valence-electron chi connectivity index (χ0n) is 9.09. The van der Waals surface area contributed by atoms with E-state index in [1.165, 1.54) is 12.5 Å². The van der Waals surface area contributed by atoms with Gasteiger partial charge in [0.1, 0.15) is 12.4 Å². The number of ketones is 1. The number of carbonyl (C=O) groups is 1. The van der Waals surface area contributed by atoms with Crippen LogP contribution in [0.1, 0.15) is 24.2 Å². The lowest BCUT2D eigenvalue weighted by Gasteiger charge is -2.08. The summed E-state index contributed by atoms with van der Waals surface area (Å²) in [4.78, 5) is 11.1. The summed E-state index contributed by atoms with van der Waals surface area (Å²) in [6.45, 7) is 3.72. The van der Waals surface area contributed by atoms with Crippen LogP contribution in [0.2, 0.25) is 5.02 Å². The molecule has 4 heteroatoms. The summed E-state index contributed by atoms with van der Waals surface area (Å²) in [5, 5.41) is 0.426. The summed E-state index contributed by atoms with van der Waals surface area (Å²) in [6.07, 6.45) is 0. The van der Waals surface area contributed by atoms with Crippen LogP contribution < -0.4 is 4.74 Å². The number of benzene rings is 1. The van der Waals surface area contributed by atoms with Gasteiger partial charge in [-0.15, -0.1) is 0 Å². The van der Waals surface area contributed by atoms with Crippen LogP contribution in [0.15, 0.2) is 29.3 Å². The maximum absolute atomic E-state index is 11.1. The van der Waals surface area contributed by atoms with Crippen LogP contribution in [0.25, 0.3) is 0 Å². The van der Waals surface area contributed by atoms with E-state index in [1.807, 2.05) is 6.92 Å². The van der Waals surface area contributed by atoms with E-state index < -0.39 is 0 Å². The molecule has 0 N–H and O–H groups in total. The van der Waals surface area contributed by atoms with Crippen LogP contribution in [-0.2, 0) is 0 Å². The smallest absolute Gasteiger partial charge is 0.159 e. The molecule has 86 valence electrons. The molecule has 0 spiro atoms. The molecule has 16 heavy (non-hydrogen) atoms. The summed E-state index contributed by atoms with van der Waals surface area (Å²) < 4.78 is 5.43.